The number of anilines is 4. The van der Waals surface area contributed by atoms with Gasteiger partial charge < -0.3 is 9.80 Å². The van der Waals surface area contributed by atoms with Crippen LogP contribution in [0.2, 0.25) is 0 Å². The summed E-state index contributed by atoms with van der Waals surface area (Å²) in [7, 11) is 0. The highest BCUT2D eigenvalue weighted by atomic mass is 15.2. The zero-order valence-corrected chi connectivity index (χ0v) is 34.0. The number of nitrogens with zero attached hydrogens (tertiary/aromatic N) is 2. The minimum absolute atomic E-state index is 0.0544. The fourth-order valence-corrected chi connectivity index (χ4v) is 11.3. The van der Waals surface area contributed by atoms with Gasteiger partial charge in [0.25, 0.3) is 0 Å². The lowest BCUT2D eigenvalue weighted by Crippen LogP contribution is -2.43. The van der Waals surface area contributed by atoms with Crippen molar-refractivity contribution in [3.8, 4) is 11.1 Å². The number of allylic oxidation sites excluding steroid dienone is 5. The summed E-state index contributed by atoms with van der Waals surface area (Å²) in [4.78, 5) is 5.20. The maximum atomic E-state index is 2.61. The van der Waals surface area contributed by atoms with Crippen molar-refractivity contribution in [3.05, 3.63) is 196 Å². The SMILES string of the molecule is CC1(C)C2=C(C=CCC2)c2ccc(-c3ccc(N(c4cccc5ccccc45)C4C=CC5=C(C4)C(C)(C)c4cccc6c4N5c4ccccc4C6(C)C)cc3)cc21. The van der Waals surface area contributed by atoms with Crippen LogP contribution in [0.25, 0.3) is 27.5 Å². The van der Waals surface area contributed by atoms with E-state index in [1.165, 1.54) is 89.3 Å². The molecule has 0 amide bonds. The van der Waals surface area contributed by atoms with E-state index in [1.54, 1.807) is 5.57 Å². The minimum atomic E-state index is -0.151. The third-order valence-corrected chi connectivity index (χ3v) is 14.4. The molecular formula is C55H50N2. The molecule has 0 N–H and O–H groups in total. The fourth-order valence-electron chi connectivity index (χ4n) is 11.3. The lowest BCUT2D eigenvalue weighted by atomic mass is 9.64. The lowest BCUT2D eigenvalue weighted by Gasteiger charge is -2.51. The van der Waals surface area contributed by atoms with Crippen molar-refractivity contribution >= 4 is 39.1 Å². The average Bonchev–Trinajstić information content (AvgIpc) is 3.46. The molecular weight excluding hydrogens is 689 g/mol. The van der Waals surface area contributed by atoms with Gasteiger partial charge in [-0.25, -0.2) is 0 Å². The van der Waals surface area contributed by atoms with Crippen molar-refractivity contribution < 1.29 is 0 Å². The van der Waals surface area contributed by atoms with Crippen molar-refractivity contribution in [3.63, 3.8) is 0 Å². The summed E-state index contributed by atoms with van der Waals surface area (Å²) in [6.45, 7) is 14.5. The Morgan fingerprint density at radius 1 is 0.596 bits per heavy atom. The normalized spacial score (nSPS) is 20.2. The molecule has 0 aromatic heterocycles. The van der Waals surface area contributed by atoms with Crippen molar-refractivity contribution in [2.24, 2.45) is 0 Å². The maximum Gasteiger partial charge on any atom is 0.0564 e. The molecule has 2 aliphatic heterocycles. The van der Waals surface area contributed by atoms with Gasteiger partial charge in [-0.1, -0.05) is 162 Å². The highest BCUT2D eigenvalue weighted by molar-refractivity contribution is 5.97. The number of hydrogen-bond donors (Lipinski definition) is 0. The Morgan fingerprint density at radius 2 is 1.28 bits per heavy atom. The summed E-state index contributed by atoms with van der Waals surface area (Å²) >= 11 is 0. The third kappa shape index (κ3) is 4.83. The molecule has 0 saturated carbocycles. The molecule has 2 heterocycles. The summed E-state index contributed by atoms with van der Waals surface area (Å²) in [5.41, 5.74) is 20.4. The number of para-hydroxylation sites is 2. The molecule has 0 radical (unpaired) electrons. The summed E-state index contributed by atoms with van der Waals surface area (Å²) in [5, 5.41) is 2.53. The fraction of sp³-hybridized carbons (Fsp3) is 0.236. The maximum absolute atomic E-state index is 2.61. The van der Waals surface area contributed by atoms with E-state index in [0.29, 0.717) is 0 Å². The molecule has 0 bridgehead atoms. The molecule has 280 valence electrons. The molecule has 57 heavy (non-hydrogen) atoms. The summed E-state index contributed by atoms with van der Waals surface area (Å²) in [5.74, 6) is 0. The third-order valence-electron chi connectivity index (χ3n) is 14.4. The van der Waals surface area contributed by atoms with Crippen LogP contribution in [0.4, 0.5) is 22.7 Å². The standard InChI is InChI=1S/C55H50N2/c1-53(2)43-19-10-9-18-41(43)42-31-27-37(33-47(42)53)35-25-28-38(29-26-35)56(49-24-13-16-36-15-7-8-17-40(36)49)39-30-32-51-48(34-39)55(5,6)46-22-14-21-45-52(46)57(51)50-23-12-11-20-44(50)54(45,3)4/h7-9,11-18,20-33,39H,10,19,34H2,1-6H3. The first kappa shape index (κ1) is 34.4. The highest BCUT2D eigenvalue weighted by Gasteiger charge is 2.47. The van der Waals surface area contributed by atoms with Crippen LogP contribution < -0.4 is 9.80 Å². The Morgan fingerprint density at radius 3 is 2.12 bits per heavy atom. The van der Waals surface area contributed by atoms with Crippen LogP contribution >= 0.6 is 0 Å². The van der Waals surface area contributed by atoms with Crippen LogP contribution in [0.1, 0.15) is 88.6 Å². The van der Waals surface area contributed by atoms with Gasteiger partial charge in [0, 0.05) is 38.7 Å². The number of rotatable bonds is 4. The molecule has 1 unspecified atom stereocenters. The first-order valence-electron chi connectivity index (χ1n) is 20.9. The van der Waals surface area contributed by atoms with Crippen molar-refractivity contribution in [1.29, 1.82) is 0 Å². The van der Waals surface area contributed by atoms with Crippen LogP contribution in [0.5, 0.6) is 0 Å². The average molecular weight is 739 g/mol. The lowest BCUT2D eigenvalue weighted by molar-refractivity contribution is 0.540. The zero-order chi connectivity index (χ0) is 38.8. The van der Waals surface area contributed by atoms with Gasteiger partial charge in [-0.15, -0.1) is 0 Å². The Balaban J connectivity index is 1.02. The molecule has 0 fully saturated rings. The number of benzene rings is 6. The monoisotopic (exact) mass is 738 g/mol. The van der Waals surface area contributed by atoms with Gasteiger partial charge in [-0.2, -0.15) is 0 Å². The highest BCUT2D eigenvalue weighted by Crippen LogP contribution is 2.59. The Hall–Kier alpha value is -5.86. The topological polar surface area (TPSA) is 6.48 Å². The zero-order valence-electron chi connectivity index (χ0n) is 34.0. The molecule has 0 spiro atoms. The predicted molar refractivity (Wildman–Crippen MR) is 241 cm³/mol. The smallest absolute Gasteiger partial charge is 0.0564 e. The molecule has 11 rings (SSSR count). The van der Waals surface area contributed by atoms with Gasteiger partial charge in [0.05, 0.1) is 17.4 Å². The van der Waals surface area contributed by atoms with E-state index in [4.69, 9.17) is 0 Å². The summed E-state index contributed by atoms with van der Waals surface area (Å²) in [6.07, 6.45) is 12.8. The van der Waals surface area contributed by atoms with Gasteiger partial charge in [0.15, 0.2) is 0 Å². The predicted octanol–water partition coefficient (Wildman–Crippen LogP) is 14.4. The quantitative estimate of drug-likeness (QED) is 0.178. The molecule has 5 aliphatic rings. The second kappa shape index (κ2) is 12.1. The number of hydrogen-bond acceptors (Lipinski definition) is 2. The molecule has 2 nitrogen and oxygen atoms in total. The summed E-state index contributed by atoms with van der Waals surface area (Å²) in [6, 6.07) is 48.4. The molecule has 3 aliphatic carbocycles. The van der Waals surface area contributed by atoms with Crippen LogP contribution in [-0.2, 0) is 16.2 Å². The van der Waals surface area contributed by atoms with Gasteiger partial charge in [0.1, 0.15) is 0 Å². The second-order valence-corrected chi connectivity index (χ2v) is 18.4. The van der Waals surface area contributed by atoms with Crippen LogP contribution in [0, 0.1) is 0 Å². The van der Waals surface area contributed by atoms with Crippen LogP contribution in [0.15, 0.2) is 169 Å². The van der Waals surface area contributed by atoms with Crippen LogP contribution in [-0.4, -0.2) is 6.04 Å². The molecule has 0 saturated heterocycles. The molecule has 6 aromatic carbocycles. The first-order valence-corrected chi connectivity index (χ1v) is 20.9. The Kier molecular flexibility index (Phi) is 7.29. The Bertz CT molecular complexity index is 2800. The second-order valence-electron chi connectivity index (χ2n) is 18.4. The van der Waals surface area contributed by atoms with E-state index in [1.807, 2.05) is 0 Å². The van der Waals surface area contributed by atoms with Crippen LogP contribution in [0.3, 0.4) is 0 Å². The van der Waals surface area contributed by atoms with E-state index in [2.05, 4.69) is 203 Å². The first-order chi connectivity index (χ1) is 27.5. The van der Waals surface area contributed by atoms with E-state index in [0.717, 1.165) is 19.3 Å². The van der Waals surface area contributed by atoms with E-state index in [-0.39, 0.29) is 22.3 Å². The molecule has 2 heteroatoms. The molecule has 6 aromatic rings. The van der Waals surface area contributed by atoms with E-state index in [9.17, 15) is 0 Å². The largest absolute Gasteiger partial charge is 0.334 e. The van der Waals surface area contributed by atoms with E-state index < -0.39 is 0 Å². The van der Waals surface area contributed by atoms with Crippen molar-refractivity contribution in [2.45, 2.75) is 83.1 Å². The number of fused-ring (bicyclic) bond motifs is 6. The van der Waals surface area contributed by atoms with Crippen molar-refractivity contribution in [1.82, 2.24) is 0 Å². The van der Waals surface area contributed by atoms with Gasteiger partial charge in [-0.05, 0) is 111 Å². The van der Waals surface area contributed by atoms with Crippen molar-refractivity contribution in [2.75, 3.05) is 9.80 Å². The molecule has 1 atom stereocenters. The Labute approximate surface area is 338 Å². The van der Waals surface area contributed by atoms with Gasteiger partial charge >= 0.3 is 0 Å². The van der Waals surface area contributed by atoms with Gasteiger partial charge in [0.2, 0.25) is 0 Å². The summed E-state index contributed by atoms with van der Waals surface area (Å²) < 4.78 is 0. The van der Waals surface area contributed by atoms with E-state index >= 15 is 0 Å². The van der Waals surface area contributed by atoms with Gasteiger partial charge in [-0.3, -0.25) is 0 Å². The minimum Gasteiger partial charge on any atom is -0.334 e.